The first-order valence-electron chi connectivity index (χ1n) is 7.65. The molecule has 1 aromatic carbocycles. The van der Waals surface area contributed by atoms with Gasteiger partial charge in [-0.05, 0) is 43.7 Å². The first-order valence-corrected chi connectivity index (χ1v) is 7.65. The van der Waals surface area contributed by atoms with Gasteiger partial charge in [-0.25, -0.2) is 0 Å². The molecule has 1 saturated carbocycles. The maximum Gasteiger partial charge on any atom is 0.00728 e. The molecule has 2 rings (SSSR count). The van der Waals surface area contributed by atoms with Gasteiger partial charge in [0.1, 0.15) is 0 Å². The molecular weight excluding hydrogens is 218 g/mol. The van der Waals surface area contributed by atoms with Gasteiger partial charge in [-0.2, -0.15) is 0 Å². The average molecular weight is 245 g/mol. The van der Waals surface area contributed by atoms with Crippen molar-refractivity contribution in [3.05, 3.63) is 35.9 Å². The molecule has 100 valence electrons. The topological polar surface area (TPSA) is 12.0 Å². The van der Waals surface area contributed by atoms with Crippen molar-refractivity contribution in [2.75, 3.05) is 6.54 Å². The second-order valence-corrected chi connectivity index (χ2v) is 5.71. The normalized spacial score (nSPS) is 17.4. The SMILES string of the molecule is CCCNC(CCc1ccccc1)CC1CCC1. The largest absolute Gasteiger partial charge is 0.314 e. The van der Waals surface area contributed by atoms with E-state index < -0.39 is 0 Å². The van der Waals surface area contributed by atoms with Gasteiger partial charge in [0.05, 0.1) is 0 Å². The summed E-state index contributed by atoms with van der Waals surface area (Å²) in [6.45, 7) is 3.43. The number of hydrogen-bond donors (Lipinski definition) is 1. The molecule has 0 spiro atoms. The quantitative estimate of drug-likeness (QED) is 0.724. The summed E-state index contributed by atoms with van der Waals surface area (Å²) in [6.07, 6.45) is 9.55. The van der Waals surface area contributed by atoms with Crippen LogP contribution in [0, 0.1) is 5.92 Å². The Labute approximate surface area is 112 Å². The van der Waals surface area contributed by atoms with Crippen LogP contribution in [-0.4, -0.2) is 12.6 Å². The van der Waals surface area contributed by atoms with Crippen molar-refractivity contribution in [1.29, 1.82) is 0 Å². The second kappa shape index (κ2) is 7.58. The molecule has 1 heteroatoms. The molecule has 0 heterocycles. The highest BCUT2D eigenvalue weighted by atomic mass is 14.9. The van der Waals surface area contributed by atoms with E-state index in [-0.39, 0.29) is 0 Å². The summed E-state index contributed by atoms with van der Waals surface area (Å²) in [5.41, 5.74) is 1.48. The van der Waals surface area contributed by atoms with Crippen LogP contribution in [0.5, 0.6) is 0 Å². The summed E-state index contributed by atoms with van der Waals surface area (Å²) < 4.78 is 0. The minimum absolute atomic E-state index is 0.732. The van der Waals surface area contributed by atoms with E-state index in [1.54, 1.807) is 0 Å². The molecule has 1 aliphatic rings. The van der Waals surface area contributed by atoms with Crippen molar-refractivity contribution in [3.8, 4) is 0 Å². The van der Waals surface area contributed by atoms with Gasteiger partial charge in [0, 0.05) is 6.04 Å². The summed E-state index contributed by atoms with van der Waals surface area (Å²) in [7, 11) is 0. The maximum atomic E-state index is 3.74. The summed E-state index contributed by atoms with van der Waals surface area (Å²) in [5, 5.41) is 3.74. The highest BCUT2D eigenvalue weighted by molar-refractivity contribution is 5.14. The van der Waals surface area contributed by atoms with E-state index in [1.807, 2.05) is 0 Å². The third-order valence-electron chi connectivity index (χ3n) is 4.15. The molecule has 0 radical (unpaired) electrons. The molecule has 0 bridgehead atoms. The highest BCUT2D eigenvalue weighted by Gasteiger charge is 2.21. The van der Waals surface area contributed by atoms with E-state index in [4.69, 9.17) is 0 Å². The Morgan fingerprint density at radius 2 is 2.00 bits per heavy atom. The third kappa shape index (κ3) is 4.45. The predicted molar refractivity (Wildman–Crippen MR) is 78.8 cm³/mol. The molecule has 0 aromatic heterocycles. The first-order chi connectivity index (χ1) is 8.88. The Morgan fingerprint density at radius 1 is 1.22 bits per heavy atom. The zero-order valence-corrected chi connectivity index (χ0v) is 11.7. The third-order valence-corrected chi connectivity index (χ3v) is 4.15. The zero-order chi connectivity index (χ0) is 12.6. The summed E-state index contributed by atoms with van der Waals surface area (Å²) >= 11 is 0. The van der Waals surface area contributed by atoms with Gasteiger partial charge < -0.3 is 5.32 Å². The van der Waals surface area contributed by atoms with Crippen molar-refractivity contribution >= 4 is 0 Å². The lowest BCUT2D eigenvalue weighted by Crippen LogP contribution is -2.33. The Kier molecular flexibility index (Phi) is 5.73. The Morgan fingerprint density at radius 3 is 2.61 bits per heavy atom. The van der Waals surface area contributed by atoms with Gasteiger partial charge in [-0.15, -0.1) is 0 Å². The van der Waals surface area contributed by atoms with E-state index in [1.165, 1.54) is 57.1 Å². The van der Waals surface area contributed by atoms with Gasteiger partial charge in [-0.3, -0.25) is 0 Å². The van der Waals surface area contributed by atoms with E-state index in [2.05, 4.69) is 42.6 Å². The van der Waals surface area contributed by atoms with Crippen molar-refractivity contribution in [2.45, 2.75) is 57.9 Å². The highest BCUT2D eigenvalue weighted by Crippen LogP contribution is 2.31. The van der Waals surface area contributed by atoms with Gasteiger partial charge in [0.25, 0.3) is 0 Å². The molecule has 18 heavy (non-hydrogen) atoms. The molecule has 0 saturated heterocycles. The molecule has 1 unspecified atom stereocenters. The molecule has 0 aliphatic heterocycles. The van der Waals surface area contributed by atoms with Gasteiger partial charge in [0.15, 0.2) is 0 Å². The van der Waals surface area contributed by atoms with E-state index >= 15 is 0 Å². The number of aryl methyl sites for hydroxylation is 1. The Bertz CT molecular complexity index is 316. The Balaban J connectivity index is 1.76. The average Bonchev–Trinajstić information content (AvgIpc) is 2.37. The van der Waals surface area contributed by atoms with Crippen LogP contribution in [0.2, 0.25) is 0 Å². The van der Waals surface area contributed by atoms with Crippen LogP contribution < -0.4 is 5.32 Å². The van der Waals surface area contributed by atoms with Crippen molar-refractivity contribution < 1.29 is 0 Å². The standard InChI is InChI=1S/C17H27N/c1-2-13-18-17(14-16-9-6-10-16)12-11-15-7-4-3-5-8-15/h3-5,7-8,16-18H,2,6,9-14H2,1H3. The lowest BCUT2D eigenvalue weighted by molar-refractivity contribution is 0.254. The van der Waals surface area contributed by atoms with Crippen LogP contribution in [0.1, 0.15) is 51.0 Å². The molecular formula is C17H27N. The minimum atomic E-state index is 0.732. The monoisotopic (exact) mass is 245 g/mol. The van der Waals surface area contributed by atoms with Crippen LogP contribution in [-0.2, 0) is 6.42 Å². The van der Waals surface area contributed by atoms with Crippen LogP contribution in [0.4, 0.5) is 0 Å². The molecule has 1 N–H and O–H groups in total. The molecule has 0 amide bonds. The Hall–Kier alpha value is -0.820. The summed E-state index contributed by atoms with van der Waals surface area (Å²) in [4.78, 5) is 0. The smallest absolute Gasteiger partial charge is 0.00728 e. The van der Waals surface area contributed by atoms with Crippen molar-refractivity contribution in [2.24, 2.45) is 5.92 Å². The fourth-order valence-electron chi connectivity index (χ4n) is 2.77. The van der Waals surface area contributed by atoms with Gasteiger partial charge >= 0.3 is 0 Å². The van der Waals surface area contributed by atoms with Gasteiger partial charge in [0.2, 0.25) is 0 Å². The zero-order valence-electron chi connectivity index (χ0n) is 11.7. The lowest BCUT2D eigenvalue weighted by atomic mass is 9.80. The van der Waals surface area contributed by atoms with E-state index in [0.29, 0.717) is 0 Å². The lowest BCUT2D eigenvalue weighted by Gasteiger charge is -2.30. The van der Waals surface area contributed by atoms with Gasteiger partial charge in [-0.1, -0.05) is 56.5 Å². The van der Waals surface area contributed by atoms with Crippen molar-refractivity contribution in [1.82, 2.24) is 5.32 Å². The minimum Gasteiger partial charge on any atom is -0.314 e. The number of nitrogens with one attached hydrogen (secondary N) is 1. The van der Waals surface area contributed by atoms with Crippen LogP contribution in [0.25, 0.3) is 0 Å². The second-order valence-electron chi connectivity index (χ2n) is 5.71. The fourth-order valence-corrected chi connectivity index (χ4v) is 2.77. The van der Waals surface area contributed by atoms with Crippen LogP contribution >= 0.6 is 0 Å². The van der Waals surface area contributed by atoms with Crippen LogP contribution in [0.15, 0.2) is 30.3 Å². The number of benzene rings is 1. The molecule has 1 aliphatic carbocycles. The molecule has 1 fully saturated rings. The maximum absolute atomic E-state index is 3.74. The van der Waals surface area contributed by atoms with Crippen LogP contribution in [0.3, 0.4) is 0 Å². The molecule has 1 nitrogen and oxygen atoms in total. The van der Waals surface area contributed by atoms with Crippen molar-refractivity contribution in [3.63, 3.8) is 0 Å². The fraction of sp³-hybridized carbons (Fsp3) is 0.647. The summed E-state index contributed by atoms with van der Waals surface area (Å²) in [5.74, 6) is 1.01. The molecule has 1 atom stereocenters. The number of hydrogen-bond acceptors (Lipinski definition) is 1. The van der Waals surface area contributed by atoms with E-state index in [9.17, 15) is 0 Å². The summed E-state index contributed by atoms with van der Waals surface area (Å²) in [6, 6.07) is 11.6. The number of rotatable bonds is 8. The molecule has 1 aromatic rings. The van der Waals surface area contributed by atoms with E-state index in [0.717, 1.165) is 12.0 Å². The predicted octanol–water partition coefficient (Wildman–Crippen LogP) is 4.18. The first kappa shape index (κ1) is 13.6.